The first-order valence-electron chi connectivity index (χ1n) is 8.90. The number of rotatable bonds is 3. The Kier molecular flexibility index (Phi) is 4.40. The van der Waals surface area contributed by atoms with Crippen LogP contribution in [0.4, 0.5) is 10.6 Å². The zero-order valence-corrected chi connectivity index (χ0v) is 14.5. The smallest absolute Gasteiger partial charge is 0.323 e. The predicted octanol–water partition coefficient (Wildman–Crippen LogP) is 2.03. The first-order valence-corrected chi connectivity index (χ1v) is 8.90. The molecule has 7 nitrogen and oxygen atoms in total. The number of likely N-dealkylation sites (N-methyl/N-ethyl adjacent to an activating group) is 1. The van der Waals surface area contributed by atoms with Crippen LogP contribution in [0.2, 0.25) is 0 Å². The Morgan fingerprint density at radius 3 is 2.96 bits per heavy atom. The highest BCUT2D eigenvalue weighted by atomic mass is 16.2. The number of nitrogens with one attached hydrogen (secondary N) is 1. The molecule has 4 rings (SSSR count). The number of pyridine rings is 1. The van der Waals surface area contributed by atoms with Gasteiger partial charge < -0.3 is 4.90 Å². The summed E-state index contributed by atoms with van der Waals surface area (Å²) < 4.78 is 1.79. The SMILES string of the molecule is CN1C2CCC1CN(C(=O)Nc1ccn(Cc3ccccn3)n1)CC2. The van der Waals surface area contributed by atoms with Crippen molar-refractivity contribution < 1.29 is 4.79 Å². The standard InChI is InChI=1S/C18H24N6O/c1-22-15-5-6-16(22)13-23(10-7-15)18(25)20-17-8-11-24(21-17)12-14-4-2-3-9-19-14/h2-4,8-9,11,15-16H,5-7,10,12-13H2,1H3,(H,20,21,25). The van der Waals surface area contributed by atoms with E-state index in [1.165, 1.54) is 12.8 Å². The minimum absolute atomic E-state index is 0.0518. The number of aromatic nitrogens is 3. The molecule has 2 aromatic heterocycles. The van der Waals surface area contributed by atoms with E-state index >= 15 is 0 Å². The largest absolute Gasteiger partial charge is 0.323 e. The van der Waals surface area contributed by atoms with E-state index in [0.29, 0.717) is 24.4 Å². The number of fused-ring (bicyclic) bond motifs is 2. The van der Waals surface area contributed by atoms with E-state index in [1.54, 1.807) is 10.9 Å². The Hall–Kier alpha value is -2.41. The second-order valence-corrected chi connectivity index (χ2v) is 6.93. The number of anilines is 1. The normalized spacial score (nSPS) is 23.5. The molecule has 4 heterocycles. The summed E-state index contributed by atoms with van der Waals surface area (Å²) in [6.45, 7) is 2.20. The average molecular weight is 340 g/mol. The zero-order valence-electron chi connectivity index (χ0n) is 14.5. The van der Waals surface area contributed by atoms with E-state index in [1.807, 2.05) is 35.4 Å². The molecular formula is C18H24N6O. The molecule has 0 radical (unpaired) electrons. The Bertz CT molecular complexity index is 730. The summed E-state index contributed by atoms with van der Waals surface area (Å²) in [7, 11) is 2.18. The number of hydrogen-bond donors (Lipinski definition) is 1. The van der Waals surface area contributed by atoms with Crippen molar-refractivity contribution in [3.63, 3.8) is 0 Å². The zero-order chi connectivity index (χ0) is 17.2. The first-order chi connectivity index (χ1) is 12.2. The number of hydrogen-bond acceptors (Lipinski definition) is 4. The van der Waals surface area contributed by atoms with Crippen LogP contribution in [0.1, 0.15) is 25.0 Å². The summed E-state index contributed by atoms with van der Waals surface area (Å²) in [5.74, 6) is 0.587. The van der Waals surface area contributed by atoms with E-state index in [0.717, 1.165) is 25.2 Å². The van der Waals surface area contributed by atoms with Crippen LogP contribution in [-0.4, -0.2) is 62.8 Å². The lowest BCUT2D eigenvalue weighted by Crippen LogP contribution is -2.41. The van der Waals surface area contributed by atoms with Gasteiger partial charge in [-0.05, 0) is 38.4 Å². The molecule has 2 bridgehead atoms. The van der Waals surface area contributed by atoms with E-state index in [4.69, 9.17) is 0 Å². The van der Waals surface area contributed by atoms with Crippen LogP contribution in [-0.2, 0) is 6.54 Å². The van der Waals surface area contributed by atoms with E-state index in [-0.39, 0.29) is 6.03 Å². The molecule has 25 heavy (non-hydrogen) atoms. The summed E-state index contributed by atoms with van der Waals surface area (Å²) in [6, 6.07) is 8.70. The van der Waals surface area contributed by atoms with Crippen molar-refractivity contribution in [1.29, 1.82) is 0 Å². The third-order valence-corrected chi connectivity index (χ3v) is 5.36. The summed E-state index contributed by atoms with van der Waals surface area (Å²) in [5.41, 5.74) is 0.940. The molecule has 1 N–H and O–H groups in total. The molecule has 2 saturated heterocycles. The maximum absolute atomic E-state index is 12.6. The van der Waals surface area contributed by atoms with Crippen molar-refractivity contribution in [3.05, 3.63) is 42.4 Å². The van der Waals surface area contributed by atoms with Gasteiger partial charge in [-0.15, -0.1) is 0 Å². The number of nitrogens with zero attached hydrogens (tertiary/aromatic N) is 5. The van der Waals surface area contributed by atoms with Crippen LogP contribution in [0.5, 0.6) is 0 Å². The molecule has 2 aromatic rings. The van der Waals surface area contributed by atoms with Gasteiger partial charge in [0.05, 0.1) is 12.2 Å². The highest BCUT2D eigenvalue weighted by Gasteiger charge is 2.36. The van der Waals surface area contributed by atoms with Gasteiger partial charge >= 0.3 is 6.03 Å². The third kappa shape index (κ3) is 3.51. The van der Waals surface area contributed by atoms with Crippen molar-refractivity contribution in [1.82, 2.24) is 24.6 Å². The van der Waals surface area contributed by atoms with E-state index in [2.05, 4.69) is 27.3 Å². The number of urea groups is 1. The summed E-state index contributed by atoms with van der Waals surface area (Å²) >= 11 is 0. The van der Waals surface area contributed by atoms with E-state index in [9.17, 15) is 4.79 Å². The lowest BCUT2D eigenvalue weighted by atomic mass is 10.1. The molecule has 2 unspecified atom stereocenters. The van der Waals surface area contributed by atoms with Crippen molar-refractivity contribution >= 4 is 11.8 Å². The lowest BCUT2D eigenvalue weighted by molar-refractivity contribution is 0.200. The molecule has 132 valence electrons. The molecule has 2 aliphatic heterocycles. The fourth-order valence-corrected chi connectivity index (χ4v) is 3.86. The molecule has 0 spiro atoms. The van der Waals surface area contributed by atoms with E-state index < -0.39 is 0 Å². The lowest BCUT2D eigenvalue weighted by Gasteiger charge is -2.25. The summed E-state index contributed by atoms with van der Waals surface area (Å²) in [4.78, 5) is 21.3. The number of likely N-dealkylation sites (tertiary alicyclic amines) is 1. The van der Waals surface area contributed by atoms with Gasteiger partial charge in [0, 0.05) is 43.6 Å². The molecule has 2 atom stereocenters. The molecular weight excluding hydrogens is 316 g/mol. The number of carbonyl (C=O) groups is 1. The van der Waals surface area contributed by atoms with Gasteiger partial charge in [0.25, 0.3) is 0 Å². The van der Waals surface area contributed by atoms with Crippen molar-refractivity contribution in [2.75, 3.05) is 25.5 Å². The van der Waals surface area contributed by atoms with Gasteiger partial charge in [0.1, 0.15) is 0 Å². The van der Waals surface area contributed by atoms with Crippen molar-refractivity contribution in [2.45, 2.75) is 37.9 Å². The first kappa shape index (κ1) is 16.1. The Morgan fingerprint density at radius 2 is 2.12 bits per heavy atom. The highest BCUT2D eigenvalue weighted by molar-refractivity contribution is 5.88. The monoisotopic (exact) mass is 340 g/mol. The quantitative estimate of drug-likeness (QED) is 0.928. The minimum atomic E-state index is -0.0518. The minimum Gasteiger partial charge on any atom is -0.323 e. The molecule has 2 amide bonds. The topological polar surface area (TPSA) is 66.3 Å². The molecule has 7 heteroatoms. The van der Waals surface area contributed by atoms with Crippen LogP contribution in [0.15, 0.2) is 36.7 Å². The molecule has 2 aliphatic rings. The fourth-order valence-electron chi connectivity index (χ4n) is 3.86. The third-order valence-electron chi connectivity index (χ3n) is 5.36. The van der Waals surface area contributed by atoms with Crippen molar-refractivity contribution in [2.24, 2.45) is 0 Å². The van der Waals surface area contributed by atoms with Gasteiger partial charge in [0.2, 0.25) is 0 Å². The highest BCUT2D eigenvalue weighted by Crippen LogP contribution is 2.28. The number of carbonyl (C=O) groups excluding carboxylic acids is 1. The maximum Gasteiger partial charge on any atom is 0.323 e. The predicted molar refractivity (Wildman–Crippen MR) is 95.3 cm³/mol. The summed E-state index contributed by atoms with van der Waals surface area (Å²) in [5, 5.41) is 7.37. The average Bonchev–Trinajstić information content (AvgIpc) is 3.12. The summed E-state index contributed by atoms with van der Waals surface area (Å²) in [6.07, 6.45) is 7.13. The Morgan fingerprint density at radius 1 is 1.24 bits per heavy atom. The Labute approximate surface area is 147 Å². The fraction of sp³-hybridized carbons (Fsp3) is 0.500. The maximum atomic E-state index is 12.6. The van der Waals surface area contributed by atoms with Crippen LogP contribution in [0.3, 0.4) is 0 Å². The van der Waals surface area contributed by atoms with Crippen LogP contribution in [0, 0.1) is 0 Å². The van der Waals surface area contributed by atoms with Crippen LogP contribution in [0.25, 0.3) is 0 Å². The molecule has 0 saturated carbocycles. The molecule has 0 aromatic carbocycles. The van der Waals surface area contributed by atoms with Gasteiger partial charge in [-0.3, -0.25) is 19.9 Å². The second kappa shape index (κ2) is 6.84. The Balaban J connectivity index is 1.36. The second-order valence-electron chi connectivity index (χ2n) is 6.93. The van der Waals surface area contributed by atoms with Gasteiger partial charge in [0.15, 0.2) is 5.82 Å². The van der Waals surface area contributed by atoms with Gasteiger partial charge in [-0.25, -0.2) is 4.79 Å². The van der Waals surface area contributed by atoms with Gasteiger partial charge in [-0.1, -0.05) is 6.07 Å². The van der Waals surface area contributed by atoms with Crippen molar-refractivity contribution in [3.8, 4) is 0 Å². The van der Waals surface area contributed by atoms with Crippen LogP contribution < -0.4 is 5.32 Å². The number of amides is 2. The molecule has 2 fully saturated rings. The van der Waals surface area contributed by atoms with Gasteiger partial charge in [-0.2, -0.15) is 5.10 Å². The molecule has 0 aliphatic carbocycles. The van der Waals surface area contributed by atoms with Crippen LogP contribution >= 0.6 is 0 Å².